The number of piperidine rings is 1. The fourth-order valence-electron chi connectivity index (χ4n) is 2.86. The molecule has 22 heavy (non-hydrogen) atoms. The molecular weight excluding hydrogens is 320 g/mol. The molecule has 0 radical (unpaired) electrons. The summed E-state index contributed by atoms with van der Waals surface area (Å²) in [5.41, 5.74) is -0.406. The number of halogens is 1. The molecular formula is C16H27ClN2O2S. The number of ether oxygens (including phenoxy) is 1. The molecule has 1 aromatic heterocycles. The number of methoxy groups -OCH3 is 1. The summed E-state index contributed by atoms with van der Waals surface area (Å²) in [6.45, 7) is 7.26. The maximum Gasteiger partial charge on any atom is 0.228 e. The maximum atomic E-state index is 12.7. The molecule has 1 aliphatic heterocycles. The van der Waals surface area contributed by atoms with E-state index in [0.29, 0.717) is 13.2 Å². The van der Waals surface area contributed by atoms with Gasteiger partial charge in [0.15, 0.2) is 0 Å². The van der Waals surface area contributed by atoms with Crippen LogP contribution in [0.15, 0.2) is 17.5 Å². The lowest BCUT2D eigenvalue weighted by Gasteiger charge is -2.36. The van der Waals surface area contributed by atoms with Crippen LogP contribution in [-0.4, -0.2) is 39.3 Å². The molecule has 1 fully saturated rings. The van der Waals surface area contributed by atoms with Crippen molar-refractivity contribution >= 4 is 29.7 Å². The van der Waals surface area contributed by atoms with Gasteiger partial charge in [-0.2, -0.15) is 0 Å². The fourth-order valence-corrected chi connectivity index (χ4v) is 3.71. The summed E-state index contributed by atoms with van der Waals surface area (Å²) in [7, 11) is 1.67. The highest BCUT2D eigenvalue weighted by atomic mass is 35.5. The van der Waals surface area contributed by atoms with Crippen molar-refractivity contribution in [1.29, 1.82) is 0 Å². The summed E-state index contributed by atoms with van der Waals surface area (Å²) in [5.74, 6) is 0.135. The van der Waals surface area contributed by atoms with Crippen molar-refractivity contribution in [1.82, 2.24) is 10.6 Å². The number of rotatable bonds is 6. The molecule has 0 atom stereocenters. The quantitative estimate of drug-likeness (QED) is 0.832. The Kier molecular flexibility index (Phi) is 7.32. The zero-order valence-corrected chi connectivity index (χ0v) is 15.2. The van der Waals surface area contributed by atoms with Crippen molar-refractivity contribution < 1.29 is 9.53 Å². The Morgan fingerprint density at radius 3 is 2.68 bits per heavy atom. The van der Waals surface area contributed by atoms with Gasteiger partial charge in [0.2, 0.25) is 5.91 Å². The second-order valence-electron chi connectivity index (χ2n) is 6.51. The zero-order chi connectivity index (χ0) is 15.3. The molecule has 0 bridgehead atoms. The van der Waals surface area contributed by atoms with Gasteiger partial charge in [0.05, 0.1) is 12.0 Å². The molecule has 1 amide bonds. The first-order valence-electron chi connectivity index (χ1n) is 7.52. The van der Waals surface area contributed by atoms with Gasteiger partial charge in [0, 0.05) is 23.9 Å². The Morgan fingerprint density at radius 2 is 2.14 bits per heavy atom. The molecule has 4 nitrogen and oxygen atoms in total. The Labute approximate surface area is 143 Å². The van der Waals surface area contributed by atoms with E-state index >= 15 is 0 Å². The third kappa shape index (κ3) is 4.44. The zero-order valence-electron chi connectivity index (χ0n) is 13.6. The van der Waals surface area contributed by atoms with Crippen molar-refractivity contribution in [3.8, 4) is 0 Å². The van der Waals surface area contributed by atoms with E-state index < -0.39 is 0 Å². The van der Waals surface area contributed by atoms with Gasteiger partial charge >= 0.3 is 0 Å². The maximum absolute atomic E-state index is 12.7. The summed E-state index contributed by atoms with van der Waals surface area (Å²) >= 11 is 1.74. The molecule has 6 heteroatoms. The van der Waals surface area contributed by atoms with E-state index in [9.17, 15) is 4.79 Å². The summed E-state index contributed by atoms with van der Waals surface area (Å²) in [6.07, 6.45) is 1.68. The topological polar surface area (TPSA) is 50.4 Å². The van der Waals surface area contributed by atoms with E-state index in [0.717, 1.165) is 25.9 Å². The van der Waals surface area contributed by atoms with Crippen molar-refractivity contribution in [3.63, 3.8) is 0 Å². The number of thiophene rings is 1. The molecule has 126 valence electrons. The van der Waals surface area contributed by atoms with Crippen LogP contribution in [-0.2, 0) is 14.9 Å². The smallest absolute Gasteiger partial charge is 0.228 e. The van der Waals surface area contributed by atoms with Crippen molar-refractivity contribution in [2.75, 3.05) is 33.4 Å². The number of hydrogen-bond acceptors (Lipinski definition) is 4. The van der Waals surface area contributed by atoms with E-state index in [2.05, 4.69) is 42.0 Å². The minimum Gasteiger partial charge on any atom is -0.384 e. The van der Waals surface area contributed by atoms with Crippen molar-refractivity contribution in [2.24, 2.45) is 5.41 Å². The Morgan fingerprint density at radius 1 is 1.45 bits per heavy atom. The lowest BCUT2D eigenvalue weighted by Crippen LogP contribution is -2.52. The summed E-state index contributed by atoms with van der Waals surface area (Å²) in [5, 5.41) is 8.56. The van der Waals surface area contributed by atoms with Gasteiger partial charge < -0.3 is 15.4 Å². The summed E-state index contributed by atoms with van der Waals surface area (Å²) in [6, 6.07) is 4.19. The molecule has 0 unspecified atom stereocenters. The minimum atomic E-state index is -0.370. The first-order valence-corrected chi connectivity index (χ1v) is 8.40. The molecule has 0 aromatic carbocycles. The van der Waals surface area contributed by atoms with Crippen LogP contribution in [0.3, 0.4) is 0 Å². The molecule has 1 saturated heterocycles. The number of hydrogen-bond donors (Lipinski definition) is 2. The van der Waals surface area contributed by atoms with Gasteiger partial charge in [-0.3, -0.25) is 4.79 Å². The average Bonchev–Trinajstić information content (AvgIpc) is 3.01. The van der Waals surface area contributed by atoms with Crippen molar-refractivity contribution in [2.45, 2.75) is 32.1 Å². The third-order valence-corrected chi connectivity index (χ3v) is 5.58. The van der Waals surface area contributed by atoms with Gasteiger partial charge in [0.1, 0.15) is 0 Å². The molecule has 0 spiro atoms. The summed E-state index contributed by atoms with van der Waals surface area (Å²) in [4.78, 5) is 14.0. The van der Waals surface area contributed by atoms with Crippen LogP contribution in [0, 0.1) is 5.41 Å². The van der Waals surface area contributed by atoms with E-state index in [4.69, 9.17) is 4.74 Å². The van der Waals surface area contributed by atoms with Crippen LogP contribution < -0.4 is 10.6 Å². The predicted molar refractivity (Wildman–Crippen MR) is 94.0 cm³/mol. The van der Waals surface area contributed by atoms with Crippen LogP contribution >= 0.6 is 23.7 Å². The second kappa shape index (κ2) is 8.29. The Hall–Kier alpha value is -0.620. The second-order valence-corrected chi connectivity index (χ2v) is 7.45. The highest BCUT2D eigenvalue weighted by molar-refractivity contribution is 7.10. The minimum absolute atomic E-state index is 0. The molecule has 2 rings (SSSR count). The predicted octanol–water partition coefficient (Wildman–Crippen LogP) is 2.58. The number of nitrogens with one attached hydrogen (secondary N) is 2. The standard InChI is InChI=1S/C16H26N2O2S.ClH/c1-15(2,13-5-4-10-21-13)11-18-14(19)16(12-20-3)6-8-17-9-7-16;/h4-5,10,17H,6-9,11-12H2,1-3H3,(H,18,19);1H. The monoisotopic (exact) mass is 346 g/mol. The summed E-state index contributed by atoms with van der Waals surface area (Å²) < 4.78 is 5.32. The molecule has 2 N–H and O–H groups in total. The van der Waals surface area contributed by atoms with Gasteiger partial charge in [-0.25, -0.2) is 0 Å². The SMILES string of the molecule is COCC1(C(=O)NCC(C)(C)c2cccs2)CCNCC1.Cl. The lowest BCUT2D eigenvalue weighted by molar-refractivity contribution is -0.136. The molecule has 1 aromatic rings. The molecule has 1 aliphatic rings. The van der Waals surface area contributed by atoms with Gasteiger partial charge in [0.25, 0.3) is 0 Å². The average molecular weight is 347 g/mol. The number of carbonyl (C=O) groups is 1. The van der Waals surface area contributed by atoms with E-state index in [-0.39, 0.29) is 29.1 Å². The van der Waals surface area contributed by atoms with Gasteiger partial charge in [-0.05, 0) is 37.4 Å². The lowest BCUT2D eigenvalue weighted by atomic mass is 9.78. The molecule has 0 aliphatic carbocycles. The van der Waals surface area contributed by atoms with Crippen LogP contribution in [0.4, 0.5) is 0 Å². The van der Waals surface area contributed by atoms with Gasteiger partial charge in [-0.1, -0.05) is 19.9 Å². The highest BCUT2D eigenvalue weighted by Crippen LogP contribution is 2.31. The van der Waals surface area contributed by atoms with E-state index in [1.54, 1.807) is 18.4 Å². The van der Waals surface area contributed by atoms with E-state index in [1.165, 1.54) is 4.88 Å². The number of carbonyl (C=O) groups excluding carboxylic acids is 1. The first kappa shape index (κ1) is 19.4. The highest BCUT2D eigenvalue weighted by Gasteiger charge is 2.40. The number of amides is 1. The largest absolute Gasteiger partial charge is 0.384 e. The van der Waals surface area contributed by atoms with Gasteiger partial charge in [-0.15, -0.1) is 23.7 Å². The van der Waals surface area contributed by atoms with Crippen LogP contribution in [0.2, 0.25) is 0 Å². The van der Waals surface area contributed by atoms with Crippen LogP contribution in [0.1, 0.15) is 31.6 Å². The molecule has 2 heterocycles. The van der Waals surface area contributed by atoms with E-state index in [1.807, 2.05) is 0 Å². The molecule has 0 saturated carbocycles. The van der Waals surface area contributed by atoms with Crippen molar-refractivity contribution in [3.05, 3.63) is 22.4 Å². The van der Waals surface area contributed by atoms with Crippen LogP contribution in [0.5, 0.6) is 0 Å². The Balaban J connectivity index is 0.00000242. The Bertz CT molecular complexity index is 451. The van der Waals surface area contributed by atoms with Crippen LogP contribution in [0.25, 0.3) is 0 Å². The third-order valence-electron chi connectivity index (χ3n) is 4.34. The fraction of sp³-hybridized carbons (Fsp3) is 0.688. The first-order chi connectivity index (χ1) is 10.0. The normalized spacial score (nSPS) is 17.6.